The van der Waals surface area contributed by atoms with Crippen molar-refractivity contribution in [1.29, 1.82) is 0 Å². The zero-order valence-corrected chi connectivity index (χ0v) is 30.6. The van der Waals surface area contributed by atoms with E-state index in [9.17, 15) is 19.2 Å². The van der Waals surface area contributed by atoms with Gasteiger partial charge in [-0.25, -0.2) is 14.6 Å². The number of aromatic nitrogens is 1. The third-order valence-corrected chi connectivity index (χ3v) is 8.41. The molecule has 4 aromatic carbocycles. The number of aryl methyl sites for hydroxylation is 1. The molecule has 0 aliphatic heterocycles. The number of pyridine rings is 1. The van der Waals surface area contributed by atoms with Gasteiger partial charge in [0.1, 0.15) is 35.1 Å². The zero-order valence-electron chi connectivity index (χ0n) is 30.6. The minimum absolute atomic E-state index is 0.0398. The van der Waals surface area contributed by atoms with E-state index >= 15 is 0 Å². The van der Waals surface area contributed by atoms with Crippen LogP contribution in [0.5, 0.6) is 11.5 Å². The average Bonchev–Trinajstić information content (AvgIpc) is 3.18. The number of hydrogen-bond donors (Lipinski definition) is 0. The molecule has 272 valence electrons. The van der Waals surface area contributed by atoms with Crippen LogP contribution < -0.4 is 9.47 Å². The number of benzene rings is 4. The van der Waals surface area contributed by atoms with Gasteiger partial charge < -0.3 is 18.9 Å². The summed E-state index contributed by atoms with van der Waals surface area (Å²) in [5.74, 6) is -0.982. The van der Waals surface area contributed by atoms with Crippen LogP contribution in [-0.2, 0) is 9.47 Å². The van der Waals surface area contributed by atoms with E-state index in [1.807, 2.05) is 62.4 Å². The number of carbonyl (C=O) groups is 4. The molecule has 0 bridgehead atoms. The number of hydrogen-bond acceptors (Lipinski definition) is 9. The smallest absolute Gasteiger partial charge is 0.362 e. The average molecular weight is 714 g/mol. The van der Waals surface area contributed by atoms with E-state index in [2.05, 4.69) is 4.98 Å². The first kappa shape index (κ1) is 38.5. The zero-order chi connectivity index (χ0) is 37.9. The highest BCUT2D eigenvalue weighted by atomic mass is 16.5. The van der Waals surface area contributed by atoms with Crippen LogP contribution >= 0.6 is 0 Å². The quantitative estimate of drug-likeness (QED) is 0.0560. The molecule has 0 saturated carbocycles. The summed E-state index contributed by atoms with van der Waals surface area (Å²) in [5, 5.41) is 0. The van der Waals surface area contributed by atoms with Gasteiger partial charge in [0.05, 0.1) is 0 Å². The number of rotatable bonds is 16. The summed E-state index contributed by atoms with van der Waals surface area (Å²) < 4.78 is 22.3. The molecule has 2 atom stereocenters. The van der Waals surface area contributed by atoms with Crippen LogP contribution in [0.1, 0.15) is 87.8 Å². The molecule has 0 N–H and O–H groups in total. The second-order valence-corrected chi connectivity index (χ2v) is 12.7. The Morgan fingerprint density at radius 1 is 0.528 bits per heavy atom. The molecular weight excluding hydrogens is 670 g/mol. The van der Waals surface area contributed by atoms with Crippen molar-refractivity contribution in [3.05, 3.63) is 137 Å². The van der Waals surface area contributed by atoms with Gasteiger partial charge in [0.2, 0.25) is 0 Å². The molecule has 1 aromatic heterocycles. The van der Waals surface area contributed by atoms with E-state index in [-0.39, 0.29) is 23.0 Å². The second kappa shape index (κ2) is 18.1. The van der Waals surface area contributed by atoms with Crippen LogP contribution in [-0.4, -0.2) is 53.9 Å². The summed E-state index contributed by atoms with van der Waals surface area (Å²) in [5.41, 5.74) is 5.24. The number of ketones is 2. The molecule has 0 radical (unpaired) electrons. The molecule has 1 heterocycles. The standard InChI is InChI=1S/C44H43NO8/c1-6-24-50-29(4)41(46)35-12-8-31(9-13-35)33-16-20-37(21-17-33)52-43(48)39-26-28(3)27-40(45-39)44(49)53-38-22-18-34(19-23-38)32-10-14-36(15-11-32)42(47)30(5)51-25-7-2/h8-23,26-27,29-30H,6-7,24-25H2,1-5H3. The summed E-state index contributed by atoms with van der Waals surface area (Å²) >= 11 is 0. The van der Waals surface area contributed by atoms with Gasteiger partial charge in [0, 0.05) is 24.3 Å². The van der Waals surface area contributed by atoms with Gasteiger partial charge in [-0.05, 0) is 97.8 Å². The maximum absolute atomic E-state index is 13.1. The molecule has 5 rings (SSSR count). The molecule has 5 aromatic rings. The third kappa shape index (κ3) is 10.2. The van der Waals surface area contributed by atoms with Crippen molar-refractivity contribution in [3.63, 3.8) is 0 Å². The maximum Gasteiger partial charge on any atom is 0.362 e. The third-order valence-electron chi connectivity index (χ3n) is 8.41. The Bertz CT molecular complexity index is 1890. The summed E-state index contributed by atoms with van der Waals surface area (Å²) in [6.07, 6.45) is 0.674. The van der Waals surface area contributed by atoms with Gasteiger partial charge in [0.25, 0.3) is 0 Å². The van der Waals surface area contributed by atoms with Crippen LogP contribution in [0, 0.1) is 6.92 Å². The highest BCUT2D eigenvalue weighted by molar-refractivity contribution is 6.00. The predicted octanol–water partition coefficient (Wildman–Crippen LogP) is 9.16. The first-order chi connectivity index (χ1) is 25.6. The van der Waals surface area contributed by atoms with Crippen molar-refractivity contribution >= 4 is 23.5 Å². The van der Waals surface area contributed by atoms with Gasteiger partial charge in [-0.3, -0.25) is 9.59 Å². The number of Topliss-reactive ketones (excluding diaryl/α,β-unsaturated/α-hetero) is 2. The Labute approximate surface area is 309 Å². The van der Waals surface area contributed by atoms with Gasteiger partial charge in [-0.1, -0.05) is 86.6 Å². The second-order valence-electron chi connectivity index (χ2n) is 12.7. The lowest BCUT2D eigenvalue weighted by Gasteiger charge is -2.12. The fourth-order valence-electron chi connectivity index (χ4n) is 5.49. The Balaban J connectivity index is 1.18. The molecule has 0 saturated heterocycles. The van der Waals surface area contributed by atoms with Crippen molar-refractivity contribution in [1.82, 2.24) is 4.98 Å². The SMILES string of the molecule is CCCOC(C)C(=O)c1ccc(-c2ccc(OC(=O)c3cc(C)cc(C(=O)Oc4ccc(-c5ccc(C(=O)C(C)OCCC)cc5)cc4)n3)cc2)cc1. The van der Waals surface area contributed by atoms with E-state index < -0.39 is 24.1 Å². The fourth-order valence-corrected chi connectivity index (χ4v) is 5.49. The van der Waals surface area contributed by atoms with Crippen molar-refractivity contribution in [2.75, 3.05) is 13.2 Å². The van der Waals surface area contributed by atoms with Crippen molar-refractivity contribution in [3.8, 4) is 33.8 Å². The normalized spacial score (nSPS) is 12.1. The van der Waals surface area contributed by atoms with E-state index in [0.717, 1.165) is 35.1 Å². The Kier molecular flexibility index (Phi) is 13.2. The summed E-state index contributed by atoms with van der Waals surface area (Å²) in [7, 11) is 0. The molecule has 0 aliphatic rings. The summed E-state index contributed by atoms with van der Waals surface area (Å²) in [4.78, 5) is 55.6. The minimum Gasteiger partial charge on any atom is -0.422 e. The van der Waals surface area contributed by atoms with Crippen LogP contribution in [0.25, 0.3) is 22.3 Å². The Morgan fingerprint density at radius 3 is 1.17 bits per heavy atom. The Hall–Kier alpha value is -5.77. The molecule has 53 heavy (non-hydrogen) atoms. The number of esters is 2. The number of nitrogens with zero attached hydrogens (tertiary/aromatic N) is 1. The molecule has 0 fully saturated rings. The summed E-state index contributed by atoms with van der Waals surface area (Å²) in [6.45, 7) is 10.3. The first-order valence-electron chi connectivity index (χ1n) is 17.7. The molecule has 0 amide bonds. The maximum atomic E-state index is 13.1. The van der Waals surface area contributed by atoms with E-state index in [1.165, 1.54) is 12.1 Å². The van der Waals surface area contributed by atoms with Crippen LogP contribution in [0.4, 0.5) is 0 Å². The number of carbonyl (C=O) groups excluding carboxylic acids is 4. The van der Waals surface area contributed by atoms with Gasteiger partial charge in [-0.15, -0.1) is 0 Å². The minimum atomic E-state index is -0.724. The van der Waals surface area contributed by atoms with E-state index in [4.69, 9.17) is 18.9 Å². The highest BCUT2D eigenvalue weighted by Gasteiger charge is 2.19. The summed E-state index contributed by atoms with van der Waals surface area (Å²) in [6, 6.07) is 31.5. The topological polar surface area (TPSA) is 118 Å². The number of ether oxygens (including phenoxy) is 4. The highest BCUT2D eigenvalue weighted by Crippen LogP contribution is 2.26. The lowest BCUT2D eigenvalue weighted by molar-refractivity contribution is 0.0477. The molecule has 2 unspecified atom stereocenters. The molecule has 9 nitrogen and oxygen atoms in total. The lowest BCUT2D eigenvalue weighted by atomic mass is 10.0. The van der Waals surface area contributed by atoms with E-state index in [0.29, 0.717) is 41.4 Å². The van der Waals surface area contributed by atoms with Crippen LogP contribution in [0.2, 0.25) is 0 Å². The van der Waals surface area contributed by atoms with Gasteiger partial charge >= 0.3 is 11.9 Å². The van der Waals surface area contributed by atoms with E-state index in [1.54, 1.807) is 69.3 Å². The molecule has 9 heteroatoms. The van der Waals surface area contributed by atoms with Crippen LogP contribution in [0.3, 0.4) is 0 Å². The molecular formula is C44H43NO8. The largest absolute Gasteiger partial charge is 0.422 e. The molecule has 0 aliphatic carbocycles. The van der Waals surface area contributed by atoms with Gasteiger partial charge in [-0.2, -0.15) is 0 Å². The monoisotopic (exact) mass is 713 g/mol. The first-order valence-corrected chi connectivity index (χ1v) is 17.7. The molecule has 0 spiro atoms. The Morgan fingerprint density at radius 2 is 0.849 bits per heavy atom. The van der Waals surface area contributed by atoms with Crippen LogP contribution in [0.15, 0.2) is 109 Å². The predicted molar refractivity (Wildman–Crippen MR) is 203 cm³/mol. The fraction of sp³-hybridized carbons (Fsp3) is 0.250. The van der Waals surface area contributed by atoms with Crippen molar-refractivity contribution in [2.24, 2.45) is 0 Å². The van der Waals surface area contributed by atoms with Gasteiger partial charge in [0.15, 0.2) is 11.6 Å². The van der Waals surface area contributed by atoms with Crippen molar-refractivity contribution < 1.29 is 38.1 Å². The lowest BCUT2D eigenvalue weighted by Crippen LogP contribution is -2.21. The van der Waals surface area contributed by atoms with Crippen molar-refractivity contribution in [2.45, 2.75) is 59.7 Å².